The molecule has 1 fully saturated rings. The first-order chi connectivity index (χ1) is 21.5. The van der Waals surface area contributed by atoms with Crippen LogP contribution in [0.4, 0.5) is 5.82 Å². The second-order valence-corrected chi connectivity index (χ2v) is 11.7. The second kappa shape index (κ2) is 12.0. The van der Waals surface area contributed by atoms with E-state index in [0.29, 0.717) is 41.0 Å². The molecule has 2 aliphatic heterocycles. The van der Waals surface area contributed by atoms with Crippen molar-refractivity contribution in [1.29, 1.82) is 0 Å². The Morgan fingerprint density at radius 3 is 2.76 bits per heavy atom. The third-order valence-corrected chi connectivity index (χ3v) is 8.20. The average Bonchev–Trinajstić information content (AvgIpc) is 3.54. The van der Waals surface area contributed by atoms with Crippen LogP contribution < -0.4 is 15.9 Å². The number of imidazole rings is 1. The number of carbonyl (C=O) groups is 1. The number of unbranched alkanes of at least 4 members (excludes halogenated alkanes) is 1. The number of nitrogen functional groups attached to an aromatic ring is 1. The van der Waals surface area contributed by atoms with Crippen LogP contribution in [-0.2, 0) is 30.4 Å². The molecule has 3 aromatic rings. The van der Waals surface area contributed by atoms with Gasteiger partial charge in [-0.3, -0.25) is 18.3 Å². The lowest BCUT2D eigenvalue weighted by atomic mass is 10.0. The zero-order chi connectivity index (χ0) is 31.9. The summed E-state index contributed by atoms with van der Waals surface area (Å²) in [6.45, 7) is -0.698. The smallest absolute Gasteiger partial charge is 0.362 e. The molecule has 45 heavy (non-hydrogen) atoms. The van der Waals surface area contributed by atoms with E-state index in [1.807, 2.05) is 0 Å². The first kappa shape index (κ1) is 30.3. The predicted octanol–water partition coefficient (Wildman–Crippen LogP) is 0.130. The lowest BCUT2D eigenvalue weighted by Gasteiger charge is -2.16. The van der Waals surface area contributed by atoms with Crippen LogP contribution in [0.3, 0.4) is 0 Å². The SMILES string of the molecule is Nc1ncnc2c1ncn2[C@H]1O[C@H](COS(=O)(=O)NC(=O)CCCCc2cc3nc4ccc(=O)cc-4oc3cc2O)[C@@H](O)[C@H]1O. The molecular weight excluding hydrogens is 614 g/mol. The Labute approximate surface area is 253 Å². The standard InChI is InChI=1S/C27H27N7O10S/c28-25-22-26(30-11-29-25)34(12-31-22)27-24(39)23(38)20(44-27)10-42-45(40,41)33-21(37)4-2-1-3-13-7-16-19(9-17(13)36)43-18-8-14(35)5-6-15(18)32-16/h5-9,11-12,20,23-24,27,36,38-39H,1-4,10H2,(H,33,37)(H2,28,29,30)/t20-,23-,24-,27+/m1/s1. The van der Waals surface area contributed by atoms with Crippen molar-refractivity contribution in [3.8, 4) is 17.2 Å². The Morgan fingerprint density at radius 2 is 1.93 bits per heavy atom. The average molecular weight is 642 g/mol. The van der Waals surface area contributed by atoms with E-state index in [0.717, 1.165) is 0 Å². The van der Waals surface area contributed by atoms with Crippen LogP contribution in [0.15, 0.2) is 52.2 Å². The van der Waals surface area contributed by atoms with E-state index in [4.69, 9.17) is 19.1 Å². The van der Waals surface area contributed by atoms with E-state index in [2.05, 4.69) is 19.9 Å². The van der Waals surface area contributed by atoms with Gasteiger partial charge in [0, 0.05) is 18.6 Å². The fourth-order valence-electron chi connectivity index (χ4n) is 5.02. The summed E-state index contributed by atoms with van der Waals surface area (Å²) in [5, 5.41) is 31.4. The van der Waals surface area contributed by atoms with Gasteiger partial charge in [0.25, 0.3) is 0 Å². The summed E-state index contributed by atoms with van der Waals surface area (Å²) in [6.07, 6.45) is -2.06. The van der Waals surface area contributed by atoms with Gasteiger partial charge in [-0.25, -0.2) is 24.7 Å². The number of hydrogen-bond donors (Lipinski definition) is 5. The van der Waals surface area contributed by atoms with Crippen molar-refractivity contribution < 1.29 is 41.9 Å². The number of anilines is 1. The summed E-state index contributed by atoms with van der Waals surface area (Å²) in [5.41, 5.74) is 7.85. The molecule has 4 atom stereocenters. The van der Waals surface area contributed by atoms with Crippen LogP contribution in [-0.4, -0.2) is 79.1 Å². The first-order valence-corrected chi connectivity index (χ1v) is 15.1. The maximum Gasteiger partial charge on any atom is 0.362 e. The summed E-state index contributed by atoms with van der Waals surface area (Å²) in [4.78, 5) is 40.3. The van der Waals surface area contributed by atoms with Gasteiger partial charge >= 0.3 is 10.3 Å². The highest BCUT2D eigenvalue weighted by Crippen LogP contribution is 2.33. The quantitative estimate of drug-likeness (QED) is 0.100. The maximum atomic E-state index is 12.4. The number of aliphatic hydroxyl groups excluding tert-OH is 2. The van der Waals surface area contributed by atoms with Crippen molar-refractivity contribution in [1.82, 2.24) is 29.2 Å². The molecule has 236 valence electrons. The molecule has 0 bridgehead atoms. The van der Waals surface area contributed by atoms with E-state index >= 15 is 0 Å². The van der Waals surface area contributed by atoms with Gasteiger partial charge in [0.05, 0.1) is 12.9 Å². The first-order valence-electron chi connectivity index (χ1n) is 13.7. The highest BCUT2D eigenvalue weighted by Gasteiger charge is 2.45. The van der Waals surface area contributed by atoms with Crippen molar-refractivity contribution in [3.05, 3.63) is 58.8 Å². The van der Waals surface area contributed by atoms with Crippen molar-refractivity contribution in [3.63, 3.8) is 0 Å². The van der Waals surface area contributed by atoms with Crippen LogP contribution in [0.25, 0.3) is 33.7 Å². The van der Waals surface area contributed by atoms with Crippen LogP contribution in [0.1, 0.15) is 31.1 Å². The molecule has 1 saturated heterocycles. The number of aryl methyl sites for hydroxylation is 1. The van der Waals surface area contributed by atoms with E-state index in [1.54, 1.807) is 16.9 Å². The molecule has 0 unspecified atom stereocenters. The van der Waals surface area contributed by atoms with Crippen LogP contribution in [0.2, 0.25) is 0 Å². The number of aromatic nitrogens is 5. The van der Waals surface area contributed by atoms with E-state index < -0.39 is 47.4 Å². The fourth-order valence-corrected chi connectivity index (χ4v) is 5.77. The Balaban J connectivity index is 0.992. The van der Waals surface area contributed by atoms with Gasteiger partial charge in [-0.05, 0) is 43.0 Å². The fraction of sp³-hybridized carbons (Fsp3) is 0.333. The highest BCUT2D eigenvalue weighted by atomic mass is 32.2. The number of fused-ring (bicyclic) bond motifs is 3. The number of phenols is 1. The Bertz CT molecular complexity index is 2030. The third kappa shape index (κ3) is 6.26. The molecule has 18 heteroatoms. The number of aromatic hydroxyl groups is 1. The lowest BCUT2D eigenvalue weighted by molar-refractivity contribution is -0.119. The van der Waals surface area contributed by atoms with E-state index in [9.17, 15) is 33.3 Å². The Morgan fingerprint density at radius 1 is 1.11 bits per heavy atom. The summed E-state index contributed by atoms with van der Waals surface area (Å²) in [7, 11) is -4.57. The minimum atomic E-state index is -4.57. The van der Waals surface area contributed by atoms with Gasteiger partial charge in [-0.15, -0.1) is 0 Å². The molecule has 17 nitrogen and oxygen atoms in total. The summed E-state index contributed by atoms with van der Waals surface area (Å²) >= 11 is 0. The molecular formula is C27H27N7O10S. The Kier molecular flexibility index (Phi) is 8.06. The predicted molar refractivity (Wildman–Crippen MR) is 155 cm³/mol. The zero-order valence-corrected chi connectivity index (χ0v) is 24.1. The van der Waals surface area contributed by atoms with E-state index in [1.165, 1.54) is 35.4 Å². The summed E-state index contributed by atoms with van der Waals surface area (Å²) < 4.78 is 44.1. The number of nitrogens with one attached hydrogen (secondary N) is 1. The number of aliphatic hydroxyl groups is 2. The number of nitrogens with two attached hydrogens (primary N) is 1. The molecule has 1 aromatic carbocycles. The molecule has 0 radical (unpaired) electrons. The van der Waals surface area contributed by atoms with Gasteiger partial charge in [0.1, 0.15) is 47.1 Å². The minimum absolute atomic E-state index is 0.0478. The maximum absolute atomic E-state index is 12.4. The van der Waals surface area contributed by atoms with Gasteiger partial charge in [0.2, 0.25) is 5.91 Å². The number of nitrogens with zero attached hydrogens (tertiary/aromatic N) is 5. The number of rotatable bonds is 10. The van der Waals surface area contributed by atoms with Crippen molar-refractivity contribution in [2.24, 2.45) is 0 Å². The lowest BCUT2D eigenvalue weighted by Crippen LogP contribution is -2.37. The topological polar surface area (TPSA) is 255 Å². The molecule has 3 aliphatic rings. The van der Waals surface area contributed by atoms with Gasteiger partial charge < -0.3 is 30.2 Å². The highest BCUT2D eigenvalue weighted by molar-refractivity contribution is 7.85. The number of amides is 1. The van der Waals surface area contributed by atoms with Crippen LogP contribution >= 0.6 is 0 Å². The van der Waals surface area contributed by atoms with Gasteiger partial charge in [0.15, 0.2) is 34.5 Å². The third-order valence-electron chi connectivity index (χ3n) is 7.28. The molecule has 6 N–H and O–H groups in total. The monoisotopic (exact) mass is 641 g/mol. The second-order valence-electron chi connectivity index (χ2n) is 10.4. The molecule has 1 aliphatic carbocycles. The molecule has 6 rings (SSSR count). The van der Waals surface area contributed by atoms with E-state index in [-0.39, 0.29) is 41.0 Å². The molecule has 0 saturated carbocycles. The number of hydrogen-bond acceptors (Lipinski definition) is 15. The molecule has 4 heterocycles. The molecule has 2 aromatic heterocycles. The summed E-state index contributed by atoms with van der Waals surface area (Å²) in [6, 6.07) is 7.28. The van der Waals surface area contributed by atoms with Crippen molar-refractivity contribution >= 4 is 44.3 Å². The molecule has 1 amide bonds. The van der Waals surface area contributed by atoms with Crippen LogP contribution in [0, 0.1) is 0 Å². The van der Waals surface area contributed by atoms with Crippen molar-refractivity contribution in [2.75, 3.05) is 12.3 Å². The number of ether oxygens (including phenoxy) is 1. The van der Waals surface area contributed by atoms with Gasteiger partial charge in [-0.1, -0.05) is 0 Å². The normalized spacial score (nSPS) is 20.3. The number of phenolic OH excluding ortho intramolecular Hbond substituents is 1. The number of carbonyl (C=O) groups excluding carboxylic acids is 1. The van der Waals surface area contributed by atoms with Crippen LogP contribution in [0.5, 0.6) is 5.75 Å². The molecule has 0 spiro atoms. The Hall–Kier alpha value is -4.75. The van der Waals surface area contributed by atoms with Crippen molar-refractivity contribution in [2.45, 2.75) is 50.2 Å². The minimum Gasteiger partial charge on any atom is -0.508 e. The number of benzene rings is 2. The largest absolute Gasteiger partial charge is 0.508 e. The zero-order valence-electron chi connectivity index (χ0n) is 23.3. The van der Waals surface area contributed by atoms with Gasteiger partial charge in [-0.2, -0.15) is 8.42 Å². The summed E-state index contributed by atoms with van der Waals surface area (Å²) in [5.74, 6) is -0.474.